The first-order chi connectivity index (χ1) is 8.88. The highest BCUT2D eigenvalue weighted by atomic mass is 32.2. The molecule has 1 heterocycles. The molecule has 8 heteroatoms. The van der Waals surface area contributed by atoms with Crippen molar-refractivity contribution in [3.8, 4) is 11.3 Å². The quantitative estimate of drug-likeness (QED) is 0.839. The summed E-state index contributed by atoms with van der Waals surface area (Å²) in [5.74, 6) is 0. The summed E-state index contributed by atoms with van der Waals surface area (Å²) >= 11 is 1.23. The molecule has 102 valence electrons. The van der Waals surface area contributed by atoms with Gasteiger partial charge in [-0.2, -0.15) is 12.7 Å². The summed E-state index contributed by atoms with van der Waals surface area (Å²) in [7, 11) is -0.605. The minimum Gasteiger partial charge on any atom is -0.399 e. The van der Waals surface area contributed by atoms with Gasteiger partial charge in [-0.25, -0.2) is 9.71 Å². The van der Waals surface area contributed by atoms with E-state index in [1.54, 1.807) is 17.5 Å². The number of nitrogens with one attached hydrogen (secondary N) is 1. The number of hydrogen-bond acceptors (Lipinski definition) is 5. The lowest BCUT2D eigenvalue weighted by molar-refractivity contribution is 0.527. The van der Waals surface area contributed by atoms with Crippen LogP contribution in [0.5, 0.6) is 0 Å². The van der Waals surface area contributed by atoms with E-state index in [1.807, 2.05) is 12.1 Å². The second-order valence-corrected chi connectivity index (χ2v) is 6.79. The first-order valence-corrected chi connectivity index (χ1v) is 7.72. The van der Waals surface area contributed by atoms with Crippen LogP contribution in [0.3, 0.4) is 0 Å². The topological polar surface area (TPSA) is 88.3 Å². The predicted molar refractivity (Wildman–Crippen MR) is 78.2 cm³/mol. The molecule has 0 atom stereocenters. The van der Waals surface area contributed by atoms with Gasteiger partial charge in [0.1, 0.15) is 0 Å². The third-order valence-electron chi connectivity index (χ3n) is 2.41. The lowest BCUT2D eigenvalue weighted by atomic mass is 10.2. The van der Waals surface area contributed by atoms with Crippen LogP contribution in [0.2, 0.25) is 0 Å². The average Bonchev–Trinajstić information content (AvgIpc) is 2.77. The Hall–Kier alpha value is -1.64. The van der Waals surface area contributed by atoms with Crippen LogP contribution in [0.4, 0.5) is 10.8 Å². The first kappa shape index (κ1) is 13.8. The van der Waals surface area contributed by atoms with E-state index in [0.29, 0.717) is 16.5 Å². The third-order valence-corrected chi connectivity index (χ3v) is 4.71. The highest BCUT2D eigenvalue weighted by molar-refractivity contribution is 7.90. The van der Waals surface area contributed by atoms with Crippen molar-refractivity contribution in [3.05, 3.63) is 29.6 Å². The number of thiazole rings is 1. The number of aromatic nitrogens is 1. The number of hydrogen-bond donors (Lipinski definition) is 2. The number of nitrogens with two attached hydrogens (primary N) is 1. The van der Waals surface area contributed by atoms with E-state index < -0.39 is 10.2 Å². The van der Waals surface area contributed by atoms with E-state index in [0.717, 1.165) is 9.87 Å². The Bertz CT molecular complexity index is 662. The molecule has 1 aromatic heterocycles. The molecule has 0 aliphatic rings. The average molecular weight is 298 g/mol. The van der Waals surface area contributed by atoms with Gasteiger partial charge in [0.15, 0.2) is 5.13 Å². The van der Waals surface area contributed by atoms with Crippen LogP contribution >= 0.6 is 11.3 Å². The van der Waals surface area contributed by atoms with Crippen molar-refractivity contribution >= 4 is 32.4 Å². The van der Waals surface area contributed by atoms with E-state index in [9.17, 15) is 8.42 Å². The minimum atomic E-state index is -3.52. The van der Waals surface area contributed by atoms with Crippen LogP contribution in [-0.2, 0) is 10.2 Å². The van der Waals surface area contributed by atoms with E-state index in [-0.39, 0.29) is 0 Å². The van der Waals surface area contributed by atoms with Crippen molar-refractivity contribution in [1.82, 2.24) is 9.29 Å². The van der Waals surface area contributed by atoms with Gasteiger partial charge in [-0.3, -0.25) is 0 Å². The zero-order chi connectivity index (χ0) is 14.0. The fraction of sp³-hybridized carbons (Fsp3) is 0.182. The van der Waals surface area contributed by atoms with Gasteiger partial charge in [0.05, 0.1) is 5.69 Å². The van der Waals surface area contributed by atoms with E-state index in [2.05, 4.69) is 9.71 Å². The molecule has 0 saturated carbocycles. The summed E-state index contributed by atoms with van der Waals surface area (Å²) in [6, 6.07) is 7.24. The number of benzene rings is 1. The Morgan fingerprint density at radius 2 is 1.89 bits per heavy atom. The molecule has 0 radical (unpaired) electrons. The first-order valence-electron chi connectivity index (χ1n) is 5.40. The number of anilines is 2. The number of rotatable bonds is 4. The zero-order valence-corrected chi connectivity index (χ0v) is 12.1. The molecule has 0 aliphatic carbocycles. The lowest BCUT2D eigenvalue weighted by Gasteiger charge is -2.10. The fourth-order valence-electron chi connectivity index (χ4n) is 1.31. The van der Waals surface area contributed by atoms with Crippen LogP contribution in [-0.4, -0.2) is 31.8 Å². The predicted octanol–water partition coefficient (Wildman–Crippen LogP) is 1.61. The monoisotopic (exact) mass is 298 g/mol. The van der Waals surface area contributed by atoms with Crippen molar-refractivity contribution in [2.24, 2.45) is 0 Å². The smallest absolute Gasteiger partial charge is 0.302 e. The van der Waals surface area contributed by atoms with Gasteiger partial charge < -0.3 is 5.73 Å². The molecule has 0 amide bonds. The van der Waals surface area contributed by atoms with E-state index >= 15 is 0 Å². The molecule has 0 fully saturated rings. The van der Waals surface area contributed by atoms with Gasteiger partial charge in [-0.05, 0) is 12.1 Å². The maximum absolute atomic E-state index is 11.7. The van der Waals surface area contributed by atoms with Crippen molar-refractivity contribution in [2.75, 3.05) is 24.6 Å². The highest BCUT2D eigenvalue weighted by Gasteiger charge is 2.15. The lowest BCUT2D eigenvalue weighted by Crippen LogP contribution is -2.28. The molecule has 6 nitrogen and oxygen atoms in total. The van der Waals surface area contributed by atoms with Crippen molar-refractivity contribution in [3.63, 3.8) is 0 Å². The van der Waals surface area contributed by atoms with Crippen molar-refractivity contribution < 1.29 is 8.42 Å². The summed E-state index contributed by atoms with van der Waals surface area (Å²) in [4.78, 5) is 4.24. The van der Waals surface area contributed by atoms with Crippen LogP contribution in [0.15, 0.2) is 29.6 Å². The van der Waals surface area contributed by atoms with Gasteiger partial charge in [-0.15, -0.1) is 11.3 Å². The van der Waals surface area contributed by atoms with Crippen LogP contribution in [0.1, 0.15) is 0 Å². The zero-order valence-electron chi connectivity index (χ0n) is 10.5. The number of nitrogens with zero attached hydrogens (tertiary/aromatic N) is 2. The standard InChI is InChI=1S/C11H14N4O2S2/c1-15(2)19(16,17)14-11-13-10(7-18-11)8-3-5-9(12)6-4-8/h3-7H,12H2,1-2H3,(H,13,14). The Balaban J connectivity index is 2.22. The Kier molecular flexibility index (Phi) is 3.74. The maximum atomic E-state index is 11.7. The van der Waals surface area contributed by atoms with Crippen LogP contribution in [0, 0.1) is 0 Å². The molecular formula is C11H14N4O2S2. The van der Waals surface area contributed by atoms with E-state index in [1.165, 1.54) is 25.4 Å². The SMILES string of the molecule is CN(C)S(=O)(=O)Nc1nc(-c2ccc(N)cc2)cs1. The molecule has 2 aromatic rings. The summed E-state index contributed by atoms with van der Waals surface area (Å²) in [5, 5.41) is 2.12. The number of nitrogen functional groups attached to an aromatic ring is 1. The summed E-state index contributed by atoms with van der Waals surface area (Å²) in [6.07, 6.45) is 0. The summed E-state index contributed by atoms with van der Waals surface area (Å²) < 4.78 is 26.8. The van der Waals surface area contributed by atoms with Gasteiger partial charge in [0.25, 0.3) is 0 Å². The van der Waals surface area contributed by atoms with Gasteiger partial charge >= 0.3 is 10.2 Å². The molecular weight excluding hydrogens is 284 g/mol. The van der Waals surface area contributed by atoms with Gasteiger partial charge in [-0.1, -0.05) is 12.1 Å². The second-order valence-electron chi connectivity index (χ2n) is 4.05. The van der Waals surface area contributed by atoms with Gasteiger partial charge in [0.2, 0.25) is 0 Å². The summed E-state index contributed by atoms with van der Waals surface area (Å²) in [6.45, 7) is 0. The van der Waals surface area contributed by atoms with Crippen LogP contribution < -0.4 is 10.5 Å². The normalized spacial score (nSPS) is 11.7. The largest absolute Gasteiger partial charge is 0.399 e. The molecule has 3 N–H and O–H groups in total. The molecule has 0 spiro atoms. The summed E-state index contributed by atoms with van der Waals surface area (Å²) in [5.41, 5.74) is 7.88. The van der Waals surface area contributed by atoms with Crippen LogP contribution in [0.25, 0.3) is 11.3 Å². The molecule has 0 saturated heterocycles. The maximum Gasteiger partial charge on any atom is 0.302 e. The highest BCUT2D eigenvalue weighted by Crippen LogP contribution is 2.26. The molecule has 1 aromatic carbocycles. The second kappa shape index (κ2) is 5.16. The fourth-order valence-corrected chi connectivity index (χ4v) is 2.83. The third kappa shape index (κ3) is 3.22. The van der Waals surface area contributed by atoms with Gasteiger partial charge in [0, 0.05) is 30.7 Å². The Morgan fingerprint density at radius 1 is 1.26 bits per heavy atom. The molecule has 0 unspecified atom stereocenters. The molecule has 2 rings (SSSR count). The molecule has 0 aliphatic heterocycles. The van der Waals surface area contributed by atoms with E-state index in [4.69, 9.17) is 5.73 Å². The minimum absolute atomic E-state index is 0.334. The Morgan fingerprint density at radius 3 is 2.47 bits per heavy atom. The van der Waals surface area contributed by atoms with Crippen molar-refractivity contribution in [1.29, 1.82) is 0 Å². The molecule has 0 bridgehead atoms. The molecule has 19 heavy (non-hydrogen) atoms. The Labute approximate surface area is 116 Å². The van der Waals surface area contributed by atoms with Crippen molar-refractivity contribution in [2.45, 2.75) is 0 Å².